The van der Waals surface area contributed by atoms with Gasteiger partial charge in [0.1, 0.15) is 17.8 Å². The third-order valence-electron chi connectivity index (χ3n) is 7.38. The van der Waals surface area contributed by atoms with E-state index in [1.54, 1.807) is 6.07 Å². The van der Waals surface area contributed by atoms with Crippen LogP contribution in [0.15, 0.2) is 53.1 Å². The highest BCUT2D eigenvalue weighted by Crippen LogP contribution is 2.41. The van der Waals surface area contributed by atoms with Crippen molar-refractivity contribution >= 4 is 11.8 Å². The third-order valence-corrected chi connectivity index (χ3v) is 7.38. The van der Waals surface area contributed by atoms with E-state index in [1.807, 2.05) is 29.2 Å². The van der Waals surface area contributed by atoms with E-state index >= 15 is 0 Å². The first kappa shape index (κ1) is 24.6. The second kappa shape index (κ2) is 10.6. The lowest BCUT2D eigenvalue weighted by molar-refractivity contribution is -0.134. The molecule has 1 saturated heterocycles. The monoisotopic (exact) mass is 519 g/mol. The van der Waals surface area contributed by atoms with Crippen LogP contribution in [0.1, 0.15) is 64.8 Å². The molecule has 0 spiro atoms. The van der Waals surface area contributed by atoms with Crippen LogP contribution in [0.2, 0.25) is 0 Å². The minimum Gasteiger partial charge on any atom is -0.484 e. The first-order valence-corrected chi connectivity index (χ1v) is 13.2. The quantitative estimate of drug-likeness (QED) is 0.480. The molecule has 1 saturated carbocycles. The Morgan fingerprint density at radius 1 is 1.16 bits per heavy atom. The Kier molecular flexibility index (Phi) is 6.84. The molecular formula is C29H30FN3O5. The summed E-state index contributed by atoms with van der Waals surface area (Å²) in [6, 6.07) is 11.8. The lowest BCUT2D eigenvalue weighted by Gasteiger charge is -2.38. The van der Waals surface area contributed by atoms with Crippen LogP contribution in [0.4, 0.5) is 4.39 Å². The lowest BCUT2D eigenvalue weighted by atomic mass is 9.87. The van der Waals surface area contributed by atoms with E-state index in [1.165, 1.54) is 18.4 Å². The second-order valence-corrected chi connectivity index (χ2v) is 10.1. The molecule has 6 rings (SSSR count). The molecule has 1 aromatic heterocycles. The first-order chi connectivity index (χ1) is 18.5. The van der Waals surface area contributed by atoms with E-state index in [0.717, 1.165) is 55.4 Å². The van der Waals surface area contributed by atoms with Crippen LogP contribution in [0.3, 0.4) is 0 Å². The van der Waals surface area contributed by atoms with E-state index in [4.69, 9.17) is 13.9 Å². The van der Waals surface area contributed by atoms with Crippen molar-refractivity contribution in [2.75, 3.05) is 19.7 Å². The Hall–Kier alpha value is -3.72. The minimum absolute atomic E-state index is 0.0349. The number of benzene rings is 2. The smallest absolute Gasteiger partial charge is 0.273 e. The van der Waals surface area contributed by atoms with Gasteiger partial charge in [0.25, 0.3) is 5.91 Å². The second-order valence-electron chi connectivity index (χ2n) is 10.1. The molecule has 2 unspecified atom stereocenters. The highest BCUT2D eigenvalue weighted by molar-refractivity contribution is 5.91. The summed E-state index contributed by atoms with van der Waals surface area (Å²) in [7, 11) is 0. The standard InChI is InChI=1S/C29H30FN3O5/c30-21-4-1-3-20(13-21)27-24-14-22(9-8-18(24)10-11-33(27)29(35)19-6-7-19)37-17-26-32-25(16-38-26)28(34)31-15-23-5-2-12-36-23/h1,3-4,8-9,13-14,16,19,23,27H,2,5-7,10-12,15,17H2,(H,31,34). The molecule has 0 bridgehead atoms. The van der Waals surface area contributed by atoms with Gasteiger partial charge in [-0.15, -0.1) is 0 Å². The third kappa shape index (κ3) is 5.29. The molecule has 1 N–H and O–H groups in total. The van der Waals surface area contributed by atoms with Gasteiger partial charge in [-0.25, -0.2) is 9.37 Å². The minimum atomic E-state index is -0.382. The lowest BCUT2D eigenvalue weighted by Crippen LogP contribution is -2.41. The normalized spacial score (nSPS) is 20.7. The fraction of sp³-hybridized carbons (Fsp3) is 0.414. The molecular weight excluding hydrogens is 489 g/mol. The van der Waals surface area contributed by atoms with Crippen molar-refractivity contribution in [1.82, 2.24) is 15.2 Å². The molecule has 0 radical (unpaired) electrons. The molecule has 2 aliphatic heterocycles. The van der Waals surface area contributed by atoms with Crippen molar-refractivity contribution in [3.05, 3.63) is 82.8 Å². The number of carbonyl (C=O) groups excluding carboxylic acids is 2. The summed E-state index contributed by atoms with van der Waals surface area (Å²) >= 11 is 0. The SMILES string of the molecule is O=C(NCC1CCCO1)c1coc(COc2ccc3c(c2)C(c2cccc(F)c2)N(C(=O)C2CC2)CC3)n1. The average Bonchev–Trinajstić information content (AvgIpc) is 3.44. The zero-order valence-corrected chi connectivity index (χ0v) is 21.0. The fourth-order valence-corrected chi connectivity index (χ4v) is 5.25. The van der Waals surface area contributed by atoms with Crippen LogP contribution in [-0.2, 0) is 22.6 Å². The van der Waals surface area contributed by atoms with Gasteiger partial charge in [-0.05, 0) is 73.1 Å². The van der Waals surface area contributed by atoms with Crippen molar-refractivity contribution in [2.24, 2.45) is 5.92 Å². The summed E-state index contributed by atoms with van der Waals surface area (Å²) in [5, 5.41) is 2.83. The van der Waals surface area contributed by atoms with E-state index in [0.29, 0.717) is 18.8 Å². The maximum absolute atomic E-state index is 14.2. The number of oxazole rings is 1. The highest BCUT2D eigenvalue weighted by Gasteiger charge is 2.39. The van der Waals surface area contributed by atoms with Gasteiger partial charge in [-0.3, -0.25) is 9.59 Å². The number of hydrogen-bond donors (Lipinski definition) is 1. The number of rotatable bonds is 8. The van der Waals surface area contributed by atoms with Gasteiger partial charge in [0, 0.05) is 25.6 Å². The van der Waals surface area contributed by atoms with E-state index in [-0.39, 0.29) is 53.9 Å². The highest BCUT2D eigenvalue weighted by atomic mass is 19.1. The number of ether oxygens (including phenoxy) is 2. The molecule has 3 heterocycles. The average molecular weight is 520 g/mol. The predicted octanol–water partition coefficient (Wildman–Crippen LogP) is 4.19. The summed E-state index contributed by atoms with van der Waals surface area (Å²) in [5.41, 5.74) is 2.96. The molecule has 2 fully saturated rings. The molecule has 2 atom stereocenters. The molecule has 38 heavy (non-hydrogen) atoms. The summed E-state index contributed by atoms with van der Waals surface area (Å²) < 4.78 is 31.1. The van der Waals surface area contributed by atoms with Crippen LogP contribution < -0.4 is 10.1 Å². The fourth-order valence-electron chi connectivity index (χ4n) is 5.25. The van der Waals surface area contributed by atoms with Crippen LogP contribution in [0.5, 0.6) is 5.75 Å². The van der Waals surface area contributed by atoms with Crippen LogP contribution in [0.25, 0.3) is 0 Å². The van der Waals surface area contributed by atoms with Gasteiger partial charge in [-0.2, -0.15) is 0 Å². The van der Waals surface area contributed by atoms with E-state index in [2.05, 4.69) is 10.3 Å². The van der Waals surface area contributed by atoms with Gasteiger partial charge < -0.3 is 24.1 Å². The van der Waals surface area contributed by atoms with Gasteiger partial charge in [0.2, 0.25) is 11.8 Å². The van der Waals surface area contributed by atoms with Crippen LogP contribution in [0, 0.1) is 11.7 Å². The number of aromatic nitrogens is 1. The summed E-state index contributed by atoms with van der Waals surface area (Å²) in [4.78, 5) is 31.7. The van der Waals surface area contributed by atoms with Crippen molar-refractivity contribution in [2.45, 2.75) is 50.9 Å². The van der Waals surface area contributed by atoms with Crippen molar-refractivity contribution in [1.29, 1.82) is 0 Å². The van der Waals surface area contributed by atoms with Gasteiger partial charge in [0.05, 0.1) is 12.1 Å². The van der Waals surface area contributed by atoms with Crippen molar-refractivity contribution in [3.8, 4) is 5.75 Å². The molecule has 9 heteroatoms. The summed E-state index contributed by atoms with van der Waals surface area (Å²) in [5.74, 6) is 0.393. The maximum Gasteiger partial charge on any atom is 0.273 e. The predicted molar refractivity (Wildman–Crippen MR) is 135 cm³/mol. The molecule has 2 aromatic carbocycles. The van der Waals surface area contributed by atoms with Crippen molar-refractivity contribution < 1.29 is 27.9 Å². The maximum atomic E-state index is 14.2. The molecule has 3 aromatic rings. The number of nitrogens with one attached hydrogen (secondary N) is 1. The van der Waals surface area contributed by atoms with Crippen molar-refractivity contribution in [3.63, 3.8) is 0 Å². The molecule has 1 aliphatic carbocycles. The molecule has 198 valence electrons. The number of nitrogens with zero attached hydrogens (tertiary/aromatic N) is 2. The molecule has 8 nitrogen and oxygen atoms in total. The van der Waals surface area contributed by atoms with E-state index < -0.39 is 0 Å². The number of carbonyl (C=O) groups is 2. The number of hydrogen-bond acceptors (Lipinski definition) is 6. The zero-order chi connectivity index (χ0) is 26.1. The van der Waals surface area contributed by atoms with Gasteiger partial charge in [-0.1, -0.05) is 18.2 Å². The van der Waals surface area contributed by atoms with Crippen LogP contribution >= 0.6 is 0 Å². The topological polar surface area (TPSA) is 93.9 Å². The summed E-state index contributed by atoms with van der Waals surface area (Å²) in [6.07, 6.45) is 5.85. The van der Waals surface area contributed by atoms with Gasteiger partial charge in [0.15, 0.2) is 12.3 Å². The van der Waals surface area contributed by atoms with Crippen LogP contribution in [-0.4, -0.2) is 47.5 Å². The molecule has 3 aliphatic rings. The number of halogens is 1. The van der Waals surface area contributed by atoms with E-state index in [9.17, 15) is 14.0 Å². The Labute approximate surface area is 220 Å². The zero-order valence-electron chi connectivity index (χ0n) is 21.0. The largest absolute Gasteiger partial charge is 0.484 e. The Balaban J connectivity index is 1.17. The number of fused-ring (bicyclic) bond motifs is 1. The Morgan fingerprint density at radius 2 is 2.05 bits per heavy atom. The first-order valence-electron chi connectivity index (χ1n) is 13.2. The number of amides is 2. The Bertz CT molecular complexity index is 1330. The Morgan fingerprint density at radius 3 is 2.84 bits per heavy atom. The summed E-state index contributed by atoms with van der Waals surface area (Å²) in [6.45, 7) is 1.80. The van der Waals surface area contributed by atoms with Gasteiger partial charge >= 0.3 is 0 Å². The molecule has 2 amide bonds.